The molecule has 0 radical (unpaired) electrons. The molecule has 2 atom stereocenters. The fourth-order valence-corrected chi connectivity index (χ4v) is 3.40. The van der Waals surface area contributed by atoms with Crippen LogP contribution in [0.4, 0.5) is 0 Å². The average Bonchev–Trinajstić information content (AvgIpc) is 2.48. The van der Waals surface area contributed by atoms with Crippen LogP contribution in [0.15, 0.2) is 0 Å². The van der Waals surface area contributed by atoms with Gasteiger partial charge in [-0.3, -0.25) is 14.5 Å². The number of piperazine rings is 1. The summed E-state index contributed by atoms with van der Waals surface area (Å²) in [5.74, 6) is -0.941. The van der Waals surface area contributed by atoms with E-state index < -0.39 is 5.97 Å². The molecule has 2 unspecified atom stereocenters. The maximum absolute atomic E-state index is 12.5. The van der Waals surface area contributed by atoms with Crippen molar-refractivity contribution in [2.75, 3.05) is 32.7 Å². The van der Waals surface area contributed by atoms with Crippen molar-refractivity contribution in [2.24, 2.45) is 11.8 Å². The molecule has 2 rings (SSSR count). The highest BCUT2D eigenvalue weighted by Gasteiger charge is 2.34. The lowest BCUT2D eigenvalue weighted by molar-refractivity contribution is -0.146. The van der Waals surface area contributed by atoms with E-state index in [0.717, 1.165) is 58.4 Å². The topological polar surface area (TPSA) is 60.9 Å². The van der Waals surface area contributed by atoms with Gasteiger partial charge in [-0.25, -0.2) is 0 Å². The van der Waals surface area contributed by atoms with Crippen molar-refractivity contribution in [1.29, 1.82) is 0 Å². The Kier molecular flexibility index (Phi) is 5.40. The lowest BCUT2D eigenvalue weighted by Gasteiger charge is -2.37. The number of hydrogen-bond acceptors (Lipinski definition) is 3. The van der Waals surface area contributed by atoms with Crippen LogP contribution >= 0.6 is 0 Å². The highest BCUT2D eigenvalue weighted by Crippen LogP contribution is 2.30. The molecule has 1 N–H and O–H groups in total. The Balaban J connectivity index is 1.84. The molecular formula is C15H26N2O3. The minimum Gasteiger partial charge on any atom is -0.481 e. The summed E-state index contributed by atoms with van der Waals surface area (Å²) in [5, 5.41) is 9.11. The van der Waals surface area contributed by atoms with Crippen LogP contribution in [0, 0.1) is 11.8 Å². The third kappa shape index (κ3) is 3.72. The molecule has 20 heavy (non-hydrogen) atoms. The summed E-state index contributed by atoms with van der Waals surface area (Å²) in [4.78, 5) is 27.9. The van der Waals surface area contributed by atoms with E-state index in [9.17, 15) is 9.59 Å². The van der Waals surface area contributed by atoms with E-state index in [1.54, 1.807) is 0 Å². The van der Waals surface area contributed by atoms with E-state index >= 15 is 0 Å². The largest absolute Gasteiger partial charge is 0.481 e. The van der Waals surface area contributed by atoms with Crippen molar-refractivity contribution < 1.29 is 14.7 Å². The van der Waals surface area contributed by atoms with Gasteiger partial charge in [0.1, 0.15) is 0 Å². The molecule has 1 aliphatic carbocycles. The van der Waals surface area contributed by atoms with Crippen molar-refractivity contribution in [1.82, 2.24) is 9.80 Å². The Morgan fingerprint density at radius 3 is 2.35 bits per heavy atom. The highest BCUT2D eigenvalue weighted by atomic mass is 16.4. The van der Waals surface area contributed by atoms with E-state index in [1.165, 1.54) is 0 Å². The van der Waals surface area contributed by atoms with Gasteiger partial charge in [0.15, 0.2) is 0 Å². The SMILES string of the molecule is CCCN1CCN(C(=O)C2CCCC(C(=O)O)C2)CC1. The quantitative estimate of drug-likeness (QED) is 0.847. The highest BCUT2D eigenvalue weighted by molar-refractivity contribution is 5.80. The molecule has 114 valence electrons. The third-order valence-corrected chi connectivity index (χ3v) is 4.60. The molecule has 1 amide bonds. The molecule has 1 aliphatic heterocycles. The van der Waals surface area contributed by atoms with Crippen LogP contribution in [0.1, 0.15) is 39.0 Å². The molecule has 2 aliphatic rings. The molecule has 5 heteroatoms. The second-order valence-electron chi connectivity index (χ2n) is 6.07. The molecule has 1 heterocycles. The molecule has 0 aromatic heterocycles. The number of carboxylic acid groups (broad SMARTS) is 1. The van der Waals surface area contributed by atoms with E-state index in [1.807, 2.05) is 4.90 Å². The van der Waals surface area contributed by atoms with Gasteiger partial charge in [-0.05, 0) is 32.2 Å². The van der Waals surface area contributed by atoms with Gasteiger partial charge >= 0.3 is 5.97 Å². The summed E-state index contributed by atoms with van der Waals surface area (Å²) >= 11 is 0. The zero-order chi connectivity index (χ0) is 14.5. The molecule has 2 fully saturated rings. The maximum Gasteiger partial charge on any atom is 0.306 e. The van der Waals surface area contributed by atoms with Gasteiger partial charge in [0.25, 0.3) is 0 Å². The summed E-state index contributed by atoms with van der Waals surface area (Å²) in [7, 11) is 0. The van der Waals surface area contributed by atoms with Crippen LogP contribution in [0.2, 0.25) is 0 Å². The number of carboxylic acids is 1. The second kappa shape index (κ2) is 7.07. The van der Waals surface area contributed by atoms with Gasteiger partial charge in [0.2, 0.25) is 5.91 Å². The number of carbonyl (C=O) groups excluding carboxylic acids is 1. The molecule has 1 saturated carbocycles. The standard InChI is InChI=1S/C15H26N2O3/c1-2-6-16-7-9-17(10-8-16)14(18)12-4-3-5-13(11-12)15(19)20/h12-13H,2-11H2,1H3,(H,19,20). The average molecular weight is 282 g/mol. The van der Waals surface area contributed by atoms with E-state index in [4.69, 9.17) is 5.11 Å². The van der Waals surface area contributed by atoms with Crippen LogP contribution in [0.25, 0.3) is 0 Å². The van der Waals surface area contributed by atoms with E-state index in [2.05, 4.69) is 11.8 Å². The Hall–Kier alpha value is -1.10. The Labute approximate surface area is 120 Å². The van der Waals surface area contributed by atoms with Gasteiger partial charge in [-0.1, -0.05) is 13.3 Å². The molecule has 0 spiro atoms. The fraction of sp³-hybridized carbons (Fsp3) is 0.867. The van der Waals surface area contributed by atoms with Crippen molar-refractivity contribution in [3.63, 3.8) is 0 Å². The van der Waals surface area contributed by atoms with Crippen LogP contribution in [0.3, 0.4) is 0 Å². The molecular weight excluding hydrogens is 256 g/mol. The minimum absolute atomic E-state index is 0.0671. The molecule has 0 bridgehead atoms. The fourth-order valence-electron chi connectivity index (χ4n) is 3.40. The first-order valence-corrected chi connectivity index (χ1v) is 7.85. The predicted molar refractivity (Wildman–Crippen MR) is 76.4 cm³/mol. The summed E-state index contributed by atoms with van der Waals surface area (Å²) in [6.07, 6.45) is 4.13. The smallest absolute Gasteiger partial charge is 0.306 e. The van der Waals surface area contributed by atoms with E-state index in [0.29, 0.717) is 6.42 Å². The zero-order valence-corrected chi connectivity index (χ0v) is 12.4. The van der Waals surface area contributed by atoms with Crippen LogP contribution in [-0.2, 0) is 9.59 Å². The number of hydrogen-bond donors (Lipinski definition) is 1. The van der Waals surface area contributed by atoms with Crippen molar-refractivity contribution in [3.05, 3.63) is 0 Å². The summed E-state index contributed by atoms with van der Waals surface area (Å²) < 4.78 is 0. The first-order chi connectivity index (χ1) is 9.61. The third-order valence-electron chi connectivity index (χ3n) is 4.60. The molecule has 1 saturated heterocycles. The first-order valence-electron chi connectivity index (χ1n) is 7.85. The van der Waals surface area contributed by atoms with Crippen molar-refractivity contribution in [2.45, 2.75) is 39.0 Å². The Bertz CT molecular complexity index is 351. The van der Waals surface area contributed by atoms with E-state index in [-0.39, 0.29) is 17.7 Å². The lowest BCUT2D eigenvalue weighted by Crippen LogP contribution is -2.51. The van der Waals surface area contributed by atoms with Gasteiger partial charge in [-0.2, -0.15) is 0 Å². The van der Waals surface area contributed by atoms with Gasteiger partial charge in [0.05, 0.1) is 5.92 Å². The predicted octanol–water partition coefficient (Wildman–Crippen LogP) is 1.43. The number of amides is 1. The van der Waals surface area contributed by atoms with Crippen molar-refractivity contribution >= 4 is 11.9 Å². The Morgan fingerprint density at radius 2 is 1.75 bits per heavy atom. The first kappa shape index (κ1) is 15.3. The summed E-state index contributed by atoms with van der Waals surface area (Å²) in [5.41, 5.74) is 0. The minimum atomic E-state index is -0.740. The molecule has 0 aromatic carbocycles. The normalized spacial score (nSPS) is 28.4. The Morgan fingerprint density at radius 1 is 1.10 bits per heavy atom. The maximum atomic E-state index is 12.5. The van der Waals surface area contributed by atoms with Crippen LogP contribution in [0.5, 0.6) is 0 Å². The molecule has 0 aromatic rings. The number of rotatable bonds is 4. The monoisotopic (exact) mass is 282 g/mol. The van der Waals surface area contributed by atoms with Crippen molar-refractivity contribution in [3.8, 4) is 0 Å². The van der Waals surface area contributed by atoms with Crippen LogP contribution < -0.4 is 0 Å². The number of carbonyl (C=O) groups is 2. The number of nitrogens with zero attached hydrogens (tertiary/aromatic N) is 2. The zero-order valence-electron chi connectivity index (χ0n) is 12.4. The van der Waals surface area contributed by atoms with Gasteiger partial charge < -0.3 is 10.0 Å². The van der Waals surface area contributed by atoms with Crippen LogP contribution in [-0.4, -0.2) is 59.5 Å². The molecule has 5 nitrogen and oxygen atoms in total. The summed E-state index contributed by atoms with van der Waals surface area (Å²) in [6.45, 7) is 6.78. The number of aliphatic carboxylic acids is 1. The second-order valence-corrected chi connectivity index (χ2v) is 6.07. The van der Waals surface area contributed by atoms with Gasteiger partial charge in [0, 0.05) is 32.1 Å². The lowest BCUT2D eigenvalue weighted by atomic mass is 9.80. The van der Waals surface area contributed by atoms with Gasteiger partial charge in [-0.15, -0.1) is 0 Å². The summed E-state index contributed by atoms with van der Waals surface area (Å²) in [6, 6.07) is 0.